The van der Waals surface area contributed by atoms with Crippen molar-refractivity contribution in [3.05, 3.63) is 48.6 Å². The maximum atomic E-state index is 12.5. The van der Waals surface area contributed by atoms with Crippen LogP contribution in [0.2, 0.25) is 0 Å². The molecule has 0 aliphatic heterocycles. The number of carbonyl (C=O) groups is 1. The Morgan fingerprint density at radius 2 is 1.14 bits per heavy atom. The molecule has 0 saturated carbocycles. The number of aliphatic hydroxyl groups excluding tert-OH is 2. The van der Waals surface area contributed by atoms with Crippen molar-refractivity contribution in [2.24, 2.45) is 0 Å². The third-order valence-corrected chi connectivity index (χ3v) is 8.98. The Balaban J connectivity index is 4.13. The van der Waals surface area contributed by atoms with E-state index in [4.69, 9.17) is 23.6 Å². The van der Waals surface area contributed by atoms with Crippen molar-refractivity contribution < 1.29 is 43.0 Å². The average molecular weight is 729 g/mol. The summed E-state index contributed by atoms with van der Waals surface area (Å²) in [5, 5.41) is 18.3. The quantitative estimate of drug-likeness (QED) is 0.0247. The van der Waals surface area contributed by atoms with Crippen LogP contribution in [-0.2, 0) is 27.9 Å². The Morgan fingerprint density at radius 1 is 0.640 bits per heavy atom. The van der Waals surface area contributed by atoms with Crippen molar-refractivity contribution in [2.45, 2.75) is 167 Å². The Bertz CT molecular complexity index is 919. The second-order valence-electron chi connectivity index (χ2n) is 12.9. The predicted molar refractivity (Wildman–Crippen MR) is 205 cm³/mol. The zero-order valence-electron chi connectivity index (χ0n) is 31.6. The van der Waals surface area contributed by atoms with Crippen molar-refractivity contribution in [3.63, 3.8) is 0 Å². The Kier molecular flexibility index (Phi) is 36.0. The van der Waals surface area contributed by atoms with Crippen LogP contribution < -0.4 is 0 Å². The number of phosphoric ester groups is 1. The van der Waals surface area contributed by atoms with Gasteiger partial charge < -0.3 is 24.6 Å². The smallest absolute Gasteiger partial charge is 0.457 e. The fourth-order valence-corrected chi connectivity index (χ4v) is 5.84. The monoisotopic (exact) mass is 728 g/mol. The molecule has 50 heavy (non-hydrogen) atoms. The molecule has 3 N–H and O–H groups in total. The minimum Gasteiger partial charge on any atom is -0.457 e. The van der Waals surface area contributed by atoms with E-state index in [1.807, 2.05) is 0 Å². The number of rotatable bonds is 37. The first-order chi connectivity index (χ1) is 24.3. The normalized spacial score (nSPS) is 14.7. The number of ether oxygens (including phenoxy) is 2. The second kappa shape index (κ2) is 37.2. The number of aliphatic hydroxyl groups is 2. The van der Waals surface area contributed by atoms with Crippen LogP contribution in [0.4, 0.5) is 0 Å². The molecule has 0 saturated heterocycles. The van der Waals surface area contributed by atoms with Gasteiger partial charge >= 0.3 is 13.8 Å². The number of hydrogen-bond donors (Lipinski definition) is 3. The molecule has 0 spiro atoms. The summed E-state index contributed by atoms with van der Waals surface area (Å²) >= 11 is 0. The molecule has 10 heteroatoms. The van der Waals surface area contributed by atoms with E-state index in [1.54, 1.807) is 0 Å². The van der Waals surface area contributed by atoms with Crippen LogP contribution in [0.3, 0.4) is 0 Å². The van der Waals surface area contributed by atoms with Crippen molar-refractivity contribution in [1.82, 2.24) is 0 Å². The van der Waals surface area contributed by atoms with E-state index in [0.717, 1.165) is 77.0 Å². The number of carbonyl (C=O) groups excluding carboxylic acids is 1. The molecule has 0 aliphatic carbocycles. The first-order valence-corrected chi connectivity index (χ1v) is 21.1. The topological polar surface area (TPSA) is 132 Å². The number of phosphoric acid groups is 1. The highest BCUT2D eigenvalue weighted by Gasteiger charge is 2.26. The van der Waals surface area contributed by atoms with Gasteiger partial charge in [-0.2, -0.15) is 0 Å². The zero-order chi connectivity index (χ0) is 36.8. The molecule has 0 aliphatic rings. The van der Waals surface area contributed by atoms with Gasteiger partial charge in [-0.05, 0) is 51.4 Å². The van der Waals surface area contributed by atoms with Gasteiger partial charge in [0.05, 0.1) is 26.4 Å². The van der Waals surface area contributed by atoms with Crippen LogP contribution in [0.15, 0.2) is 48.6 Å². The SMILES string of the molecule is CC/C=C\C/C=C\C/C=C\C/C=C\CCCCCCCCCCC(=O)OC(COCCCCCCCCCC)COP(=O)(O)OCC(O)CO. The van der Waals surface area contributed by atoms with Crippen LogP contribution in [0.25, 0.3) is 0 Å². The molecule has 9 nitrogen and oxygen atoms in total. The molecule has 292 valence electrons. The summed E-state index contributed by atoms with van der Waals surface area (Å²) in [6.07, 6.45) is 39.3. The maximum Gasteiger partial charge on any atom is 0.472 e. The molecule has 3 atom stereocenters. The molecule has 0 aromatic heterocycles. The average Bonchev–Trinajstić information content (AvgIpc) is 3.10. The van der Waals surface area contributed by atoms with Gasteiger partial charge in [0.2, 0.25) is 0 Å². The van der Waals surface area contributed by atoms with Crippen LogP contribution in [0.1, 0.15) is 155 Å². The lowest BCUT2D eigenvalue weighted by molar-refractivity contribution is -0.154. The van der Waals surface area contributed by atoms with Gasteiger partial charge in [0.25, 0.3) is 0 Å². The minimum absolute atomic E-state index is 0.0454. The predicted octanol–water partition coefficient (Wildman–Crippen LogP) is 10.2. The van der Waals surface area contributed by atoms with Gasteiger partial charge in [-0.15, -0.1) is 0 Å². The van der Waals surface area contributed by atoms with Gasteiger partial charge in [0.15, 0.2) is 0 Å². The molecule has 0 bridgehead atoms. The third kappa shape index (κ3) is 36.2. The first kappa shape index (κ1) is 48.4. The fraction of sp³-hybridized carbons (Fsp3) is 0.775. The number of hydrogen-bond acceptors (Lipinski definition) is 8. The zero-order valence-corrected chi connectivity index (χ0v) is 32.5. The highest BCUT2D eigenvalue weighted by atomic mass is 31.2. The Labute approximate surface area is 305 Å². The van der Waals surface area contributed by atoms with Crippen molar-refractivity contribution in [2.75, 3.05) is 33.0 Å². The van der Waals surface area contributed by atoms with Crippen LogP contribution in [0.5, 0.6) is 0 Å². The van der Waals surface area contributed by atoms with Gasteiger partial charge in [0, 0.05) is 13.0 Å². The summed E-state index contributed by atoms with van der Waals surface area (Å²) in [5.41, 5.74) is 0. The third-order valence-electron chi connectivity index (χ3n) is 8.03. The molecule has 3 unspecified atom stereocenters. The second-order valence-corrected chi connectivity index (χ2v) is 14.4. The maximum absolute atomic E-state index is 12.5. The molecule has 0 radical (unpaired) electrons. The summed E-state index contributed by atoms with van der Waals surface area (Å²) < 4.78 is 33.1. The van der Waals surface area contributed by atoms with Crippen LogP contribution >= 0.6 is 7.82 Å². The molecule has 0 fully saturated rings. The van der Waals surface area contributed by atoms with E-state index in [0.29, 0.717) is 6.61 Å². The molecule has 0 amide bonds. The summed E-state index contributed by atoms with van der Waals surface area (Å²) in [7, 11) is -4.51. The van der Waals surface area contributed by atoms with Crippen molar-refractivity contribution in [1.29, 1.82) is 0 Å². The van der Waals surface area contributed by atoms with E-state index in [-0.39, 0.29) is 19.6 Å². The number of allylic oxidation sites excluding steroid dienone is 8. The van der Waals surface area contributed by atoms with E-state index in [1.165, 1.54) is 57.8 Å². The summed E-state index contributed by atoms with van der Waals surface area (Å²) in [5.74, 6) is -0.394. The summed E-state index contributed by atoms with van der Waals surface area (Å²) in [6.45, 7) is 3.36. The Morgan fingerprint density at radius 3 is 1.72 bits per heavy atom. The van der Waals surface area contributed by atoms with Gasteiger partial charge in [-0.1, -0.05) is 146 Å². The number of esters is 1. The lowest BCUT2D eigenvalue weighted by Crippen LogP contribution is -2.29. The lowest BCUT2D eigenvalue weighted by Gasteiger charge is -2.20. The first-order valence-electron chi connectivity index (χ1n) is 19.6. The standard InChI is InChI=1S/C40H73O9P/c1-3-5-7-9-11-13-14-15-16-17-18-19-20-21-22-23-24-25-26-28-30-32-40(43)49-39(37-48-50(44,45)47-35-38(42)34-41)36-46-33-31-29-27-12-10-8-6-4-2/h5,7,11,13,15-16,18-19,38-39,41-42H,3-4,6,8-10,12,14,17,20-37H2,1-2H3,(H,44,45)/b7-5-,13-11-,16-15-,19-18-. The van der Waals surface area contributed by atoms with Gasteiger partial charge in [-0.3, -0.25) is 13.8 Å². The van der Waals surface area contributed by atoms with E-state index in [9.17, 15) is 19.4 Å². The van der Waals surface area contributed by atoms with E-state index < -0.39 is 39.2 Å². The highest BCUT2D eigenvalue weighted by Crippen LogP contribution is 2.43. The molecule has 0 heterocycles. The van der Waals surface area contributed by atoms with E-state index >= 15 is 0 Å². The van der Waals surface area contributed by atoms with E-state index in [2.05, 4.69) is 62.5 Å². The summed E-state index contributed by atoms with van der Waals surface area (Å²) in [4.78, 5) is 22.4. The lowest BCUT2D eigenvalue weighted by atomic mass is 10.1. The Hall–Kier alpha value is -1.58. The summed E-state index contributed by atoms with van der Waals surface area (Å²) in [6, 6.07) is 0. The molecular formula is C40H73O9P. The largest absolute Gasteiger partial charge is 0.472 e. The molecule has 0 rings (SSSR count). The van der Waals surface area contributed by atoms with Crippen LogP contribution in [-0.4, -0.2) is 66.3 Å². The molecule has 0 aromatic rings. The molecule has 0 aromatic carbocycles. The van der Waals surface area contributed by atoms with Gasteiger partial charge in [0.1, 0.15) is 12.2 Å². The minimum atomic E-state index is -4.51. The van der Waals surface area contributed by atoms with Crippen molar-refractivity contribution in [3.8, 4) is 0 Å². The van der Waals surface area contributed by atoms with Crippen molar-refractivity contribution >= 4 is 13.8 Å². The van der Waals surface area contributed by atoms with Crippen LogP contribution in [0, 0.1) is 0 Å². The molecular weight excluding hydrogens is 655 g/mol. The number of unbranched alkanes of at least 4 members (excludes halogenated alkanes) is 15. The fourth-order valence-electron chi connectivity index (χ4n) is 5.05. The van der Waals surface area contributed by atoms with Gasteiger partial charge in [-0.25, -0.2) is 4.57 Å². The highest BCUT2D eigenvalue weighted by molar-refractivity contribution is 7.47.